The van der Waals surface area contributed by atoms with Crippen molar-refractivity contribution in [3.05, 3.63) is 95.6 Å². The lowest BCUT2D eigenvalue weighted by Gasteiger charge is -2.44. The van der Waals surface area contributed by atoms with Crippen molar-refractivity contribution in [2.24, 2.45) is 5.92 Å². The van der Waals surface area contributed by atoms with E-state index in [9.17, 15) is 22.4 Å². The van der Waals surface area contributed by atoms with Gasteiger partial charge in [-0.15, -0.1) is 0 Å². The Balaban J connectivity index is 1.36. The number of benzene rings is 2. The second-order valence-electron chi connectivity index (χ2n) is 10.1. The monoisotopic (exact) mass is 567 g/mol. The summed E-state index contributed by atoms with van der Waals surface area (Å²) in [6.45, 7) is 4.17. The number of fused-ring (bicyclic) bond motifs is 3. The Hall–Kier alpha value is -3.67. The minimum Gasteiger partial charge on any atom is -0.459 e. The van der Waals surface area contributed by atoms with Gasteiger partial charge < -0.3 is 9.47 Å². The topological polar surface area (TPSA) is 115 Å². The first kappa shape index (κ1) is 27.9. The van der Waals surface area contributed by atoms with Gasteiger partial charge in [0.15, 0.2) is 0 Å². The van der Waals surface area contributed by atoms with Crippen LogP contribution in [0.4, 0.5) is 4.39 Å². The minimum absolute atomic E-state index is 0.0148. The Kier molecular flexibility index (Phi) is 8.24. The fraction of sp³-hybridized carbons (Fsp3) is 0.345. The number of hydrogen-bond donors (Lipinski definition) is 1. The van der Waals surface area contributed by atoms with Crippen molar-refractivity contribution in [2.75, 3.05) is 19.6 Å². The highest BCUT2D eigenvalue weighted by molar-refractivity contribution is 7.89. The van der Waals surface area contributed by atoms with Gasteiger partial charge in [-0.3, -0.25) is 9.88 Å². The number of aromatic nitrogens is 1. The molecule has 6 rings (SSSR count). The Morgan fingerprint density at radius 3 is 2.42 bits per heavy atom. The first-order valence-electron chi connectivity index (χ1n) is 13.1. The van der Waals surface area contributed by atoms with Crippen molar-refractivity contribution in [3.8, 4) is 0 Å². The first-order valence-corrected chi connectivity index (χ1v) is 14.6. The van der Waals surface area contributed by atoms with Gasteiger partial charge in [0.1, 0.15) is 24.1 Å². The molecule has 0 spiro atoms. The molecule has 0 saturated carbocycles. The molecule has 210 valence electrons. The summed E-state index contributed by atoms with van der Waals surface area (Å²) in [6, 6.07) is 12.4. The zero-order valence-electron chi connectivity index (χ0n) is 21.9. The number of nitrogens with zero attached hydrogens (tertiary/aromatic N) is 2. The molecule has 1 N–H and O–H groups in total. The molecule has 0 aliphatic carbocycles. The third kappa shape index (κ3) is 6.38. The maximum atomic E-state index is 14.1. The molecular formula is C29H30FN3O6S. The van der Waals surface area contributed by atoms with Crippen LogP contribution in [0.1, 0.15) is 53.4 Å². The van der Waals surface area contributed by atoms with Gasteiger partial charge in [0, 0.05) is 18.9 Å². The summed E-state index contributed by atoms with van der Waals surface area (Å²) in [7, 11) is -4.35. The molecule has 4 heterocycles. The van der Waals surface area contributed by atoms with E-state index < -0.39 is 39.9 Å². The van der Waals surface area contributed by atoms with Gasteiger partial charge in [0.05, 0.1) is 10.5 Å². The maximum absolute atomic E-state index is 14.1. The highest BCUT2D eigenvalue weighted by atomic mass is 32.2. The standard InChI is InChI=1S/C29H30FN3O6S/c1-19(20-8-12-31-13-9-20)38-28(34)23-5-3-7-25(17-23)40(36,37)32-27(22-4-2-6-24(30)16-22)29(35)39-26-18-33-14-10-21(26)11-15-33/h2-9,12-13,16-17,19,21,26-27,32H,10-11,14-15,18H2,1H3/t19?,26-,27?/m0/s1. The maximum Gasteiger partial charge on any atom is 0.338 e. The summed E-state index contributed by atoms with van der Waals surface area (Å²) < 4.78 is 54.7. The average Bonchev–Trinajstić information content (AvgIpc) is 2.97. The van der Waals surface area contributed by atoms with Gasteiger partial charge in [-0.2, -0.15) is 4.72 Å². The molecule has 3 aliphatic heterocycles. The van der Waals surface area contributed by atoms with Crippen molar-refractivity contribution >= 4 is 22.0 Å². The van der Waals surface area contributed by atoms with Crippen molar-refractivity contribution < 1.29 is 31.9 Å². The lowest BCUT2D eigenvalue weighted by molar-refractivity contribution is -0.161. The number of nitrogens with one attached hydrogen (secondary N) is 1. The molecule has 2 aromatic carbocycles. The van der Waals surface area contributed by atoms with Gasteiger partial charge >= 0.3 is 11.9 Å². The Labute approximate surface area is 232 Å². The molecule has 2 bridgehead atoms. The molecule has 3 fully saturated rings. The summed E-state index contributed by atoms with van der Waals surface area (Å²) in [5.74, 6) is -1.94. The van der Waals surface area contributed by atoms with Gasteiger partial charge in [-0.05, 0) is 92.4 Å². The summed E-state index contributed by atoms with van der Waals surface area (Å²) in [6.07, 6.45) is 4.00. The summed E-state index contributed by atoms with van der Waals surface area (Å²) in [5, 5.41) is 0. The molecule has 3 aliphatic rings. The van der Waals surface area contributed by atoms with E-state index >= 15 is 0 Å². The Morgan fingerprint density at radius 1 is 1.02 bits per heavy atom. The van der Waals surface area contributed by atoms with Gasteiger partial charge in [0.25, 0.3) is 0 Å². The molecule has 3 atom stereocenters. The third-order valence-electron chi connectivity index (χ3n) is 7.39. The number of piperidine rings is 3. The van der Waals surface area contributed by atoms with Crippen LogP contribution in [0, 0.1) is 11.7 Å². The van der Waals surface area contributed by atoms with Crippen LogP contribution in [0.3, 0.4) is 0 Å². The van der Waals surface area contributed by atoms with Crippen LogP contribution in [0.5, 0.6) is 0 Å². The van der Waals surface area contributed by atoms with E-state index in [4.69, 9.17) is 9.47 Å². The molecular weight excluding hydrogens is 537 g/mol. The summed E-state index contributed by atoms with van der Waals surface area (Å²) in [4.78, 5) is 32.1. The number of esters is 2. The van der Waals surface area contributed by atoms with Gasteiger partial charge in [-0.1, -0.05) is 18.2 Å². The van der Waals surface area contributed by atoms with Gasteiger partial charge in [-0.25, -0.2) is 22.4 Å². The molecule has 9 nitrogen and oxygen atoms in total. The lowest BCUT2D eigenvalue weighted by atomic mass is 9.86. The van der Waals surface area contributed by atoms with Crippen molar-refractivity contribution in [2.45, 2.75) is 42.9 Å². The predicted molar refractivity (Wildman–Crippen MR) is 143 cm³/mol. The van der Waals surface area contributed by atoms with Crippen LogP contribution in [0.25, 0.3) is 0 Å². The van der Waals surface area contributed by atoms with E-state index in [1.165, 1.54) is 42.5 Å². The molecule has 3 saturated heterocycles. The van der Waals surface area contributed by atoms with Crippen LogP contribution in [-0.2, 0) is 24.3 Å². The number of carbonyl (C=O) groups excluding carboxylic acids is 2. The molecule has 3 aromatic rings. The van der Waals surface area contributed by atoms with E-state index in [0.29, 0.717) is 6.54 Å². The van der Waals surface area contributed by atoms with E-state index in [1.54, 1.807) is 31.5 Å². The van der Waals surface area contributed by atoms with Crippen LogP contribution >= 0.6 is 0 Å². The fourth-order valence-electron chi connectivity index (χ4n) is 5.14. The second kappa shape index (κ2) is 11.8. The molecule has 0 radical (unpaired) electrons. The normalized spacial score (nSPS) is 21.8. The molecule has 11 heteroatoms. The second-order valence-corrected chi connectivity index (χ2v) is 11.8. The Bertz CT molecular complexity index is 1480. The molecule has 2 unspecified atom stereocenters. The smallest absolute Gasteiger partial charge is 0.338 e. The van der Waals surface area contributed by atoms with Crippen molar-refractivity contribution in [3.63, 3.8) is 0 Å². The number of ether oxygens (including phenoxy) is 2. The van der Waals surface area contributed by atoms with Crippen molar-refractivity contribution in [1.29, 1.82) is 0 Å². The Morgan fingerprint density at radius 2 is 1.75 bits per heavy atom. The summed E-state index contributed by atoms with van der Waals surface area (Å²) >= 11 is 0. The van der Waals surface area contributed by atoms with Crippen molar-refractivity contribution in [1.82, 2.24) is 14.6 Å². The zero-order chi connectivity index (χ0) is 28.3. The third-order valence-corrected chi connectivity index (χ3v) is 8.81. The zero-order valence-corrected chi connectivity index (χ0v) is 22.7. The quantitative estimate of drug-likeness (QED) is 0.389. The number of carbonyl (C=O) groups is 2. The van der Waals surface area contributed by atoms with E-state index in [2.05, 4.69) is 14.6 Å². The summed E-state index contributed by atoms with van der Waals surface area (Å²) in [5.41, 5.74) is 0.853. The van der Waals surface area contributed by atoms with Crippen LogP contribution in [-0.4, -0.2) is 56.0 Å². The highest BCUT2D eigenvalue weighted by Crippen LogP contribution is 2.31. The van der Waals surface area contributed by atoms with Crippen LogP contribution in [0.15, 0.2) is 78.0 Å². The number of hydrogen-bond acceptors (Lipinski definition) is 8. The highest BCUT2D eigenvalue weighted by Gasteiger charge is 2.39. The predicted octanol–water partition coefficient (Wildman–Crippen LogP) is 3.80. The number of sulfonamides is 1. The number of rotatable bonds is 9. The lowest BCUT2D eigenvalue weighted by Crippen LogP contribution is -2.52. The number of halogens is 1. The largest absolute Gasteiger partial charge is 0.459 e. The fourth-order valence-corrected chi connectivity index (χ4v) is 6.36. The van der Waals surface area contributed by atoms with Crippen LogP contribution in [0.2, 0.25) is 0 Å². The van der Waals surface area contributed by atoms with E-state index in [1.807, 2.05) is 0 Å². The molecule has 0 amide bonds. The van der Waals surface area contributed by atoms with Gasteiger partial charge in [0.2, 0.25) is 10.0 Å². The minimum atomic E-state index is -4.35. The molecule has 1 aromatic heterocycles. The van der Waals surface area contributed by atoms with E-state index in [-0.39, 0.29) is 28.0 Å². The molecule has 40 heavy (non-hydrogen) atoms. The number of pyridine rings is 1. The van der Waals surface area contributed by atoms with Crippen LogP contribution < -0.4 is 4.72 Å². The first-order chi connectivity index (χ1) is 19.2. The average molecular weight is 568 g/mol. The van der Waals surface area contributed by atoms with E-state index in [0.717, 1.165) is 37.6 Å². The SMILES string of the molecule is CC(OC(=O)c1cccc(S(=O)(=O)NC(C(=O)O[C@H]2CN3CCC2CC3)c2cccc(F)c2)c1)c1ccncc1.